The maximum atomic E-state index is 12.0. The van der Waals surface area contributed by atoms with Gasteiger partial charge in [-0.3, -0.25) is 4.79 Å². The van der Waals surface area contributed by atoms with Crippen LogP contribution in [0.4, 0.5) is 11.4 Å². The van der Waals surface area contributed by atoms with Gasteiger partial charge in [-0.25, -0.2) is 0 Å². The molecule has 0 unspecified atom stereocenters. The van der Waals surface area contributed by atoms with Gasteiger partial charge in [-0.05, 0) is 54.4 Å². The Morgan fingerprint density at radius 1 is 1.16 bits per heavy atom. The lowest BCUT2D eigenvalue weighted by Crippen LogP contribution is -2.11. The number of phenols is 1. The Morgan fingerprint density at radius 2 is 1.95 bits per heavy atom. The van der Waals surface area contributed by atoms with Crippen molar-refractivity contribution in [1.29, 1.82) is 0 Å². The molecule has 1 aliphatic rings. The van der Waals surface area contributed by atoms with E-state index < -0.39 is 0 Å². The molecule has 3 rings (SSSR count). The third kappa shape index (κ3) is 2.38. The van der Waals surface area contributed by atoms with Gasteiger partial charge in [-0.15, -0.1) is 0 Å². The highest BCUT2D eigenvalue weighted by Crippen LogP contribution is 2.25. The highest BCUT2D eigenvalue weighted by molar-refractivity contribution is 6.04. The summed E-state index contributed by atoms with van der Waals surface area (Å²) in [6.45, 7) is 0.949. The molecule has 0 saturated heterocycles. The molecule has 0 fully saturated rings. The Bertz CT molecular complexity index is 621. The van der Waals surface area contributed by atoms with Gasteiger partial charge in [0, 0.05) is 23.5 Å². The van der Waals surface area contributed by atoms with Gasteiger partial charge in [-0.2, -0.15) is 0 Å². The Balaban J connectivity index is 1.77. The summed E-state index contributed by atoms with van der Waals surface area (Å²) in [5.41, 5.74) is 3.68. The fraction of sp³-hybridized carbons (Fsp3) is 0.133. The van der Waals surface area contributed by atoms with E-state index in [9.17, 15) is 9.90 Å². The quantitative estimate of drug-likeness (QED) is 0.772. The number of anilines is 2. The smallest absolute Gasteiger partial charge is 0.255 e. The summed E-state index contributed by atoms with van der Waals surface area (Å²) in [5, 5.41) is 15.3. The number of hydrogen-bond donors (Lipinski definition) is 3. The second kappa shape index (κ2) is 4.65. The van der Waals surface area contributed by atoms with Crippen molar-refractivity contribution in [2.24, 2.45) is 0 Å². The Hall–Kier alpha value is -2.49. The van der Waals surface area contributed by atoms with Crippen molar-refractivity contribution in [3.05, 3.63) is 53.6 Å². The molecule has 0 radical (unpaired) electrons. The maximum Gasteiger partial charge on any atom is 0.255 e. The van der Waals surface area contributed by atoms with Crippen LogP contribution in [0.2, 0.25) is 0 Å². The molecular formula is C15H14N2O2. The number of amides is 1. The summed E-state index contributed by atoms with van der Waals surface area (Å²) >= 11 is 0. The summed E-state index contributed by atoms with van der Waals surface area (Å²) in [4.78, 5) is 12.0. The fourth-order valence-corrected chi connectivity index (χ4v) is 2.20. The summed E-state index contributed by atoms with van der Waals surface area (Å²) in [6.07, 6.45) is 0.984. The molecule has 1 amide bonds. The van der Waals surface area contributed by atoms with Gasteiger partial charge in [0.2, 0.25) is 0 Å². The number of phenolic OH excluding ortho intramolecular Hbond substituents is 1. The number of aromatic hydroxyl groups is 1. The molecule has 2 aromatic rings. The first-order valence-corrected chi connectivity index (χ1v) is 6.19. The molecule has 1 heterocycles. The predicted octanol–water partition coefficient (Wildman–Crippen LogP) is 2.61. The molecule has 4 nitrogen and oxygen atoms in total. The van der Waals surface area contributed by atoms with Crippen LogP contribution in [-0.2, 0) is 6.42 Å². The monoisotopic (exact) mass is 254 g/mol. The lowest BCUT2D eigenvalue weighted by molar-refractivity contribution is 0.102. The zero-order valence-electron chi connectivity index (χ0n) is 10.3. The molecule has 1 aliphatic heterocycles. The molecule has 0 atom stereocenters. The lowest BCUT2D eigenvalue weighted by atomic mass is 10.1. The zero-order chi connectivity index (χ0) is 13.2. The SMILES string of the molecule is O=C(Nc1ccc2c(c1)CCN2)c1ccc(O)cc1. The Morgan fingerprint density at radius 3 is 2.74 bits per heavy atom. The maximum absolute atomic E-state index is 12.0. The topological polar surface area (TPSA) is 61.4 Å². The van der Waals surface area contributed by atoms with Crippen molar-refractivity contribution < 1.29 is 9.90 Å². The molecule has 0 saturated carbocycles. The second-order valence-corrected chi connectivity index (χ2v) is 4.55. The van der Waals surface area contributed by atoms with E-state index in [1.165, 1.54) is 17.7 Å². The molecule has 3 N–H and O–H groups in total. The second-order valence-electron chi connectivity index (χ2n) is 4.55. The van der Waals surface area contributed by atoms with E-state index >= 15 is 0 Å². The van der Waals surface area contributed by atoms with Crippen LogP contribution in [0.3, 0.4) is 0 Å². The van der Waals surface area contributed by atoms with Crippen LogP contribution in [0.1, 0.15) is 15.9 Å². The van der Waals surface area contributed by atoms with Gasteiger partial charge in [0.15, 0.2) is 0 Å². The Labute approximate surface area is 111 Å². The molecule has 0 aromatic heterocycles. The molecule has 4 heteroatoms. The first-order chi connectivity index (χ1) is 9.22. The number of carbonyl (C=O) groups excluding carboxylic acids is 1. The van der Waals surface area contributed by atoms with E-state index in [1.54, 1.807) is 12.1 Å². The van der Waals surface area contributed by atoms with E-state index in [0.717, 1.165) is 24.3 Å². The highest BCUT2D eigenvalue weighted by atomic mass is 16.3. The number of carbonyl (C=O) groups is 1. The number of rotatable bonds is 2. The summed E-state index contributed by atoms with van der Waals surface area (Å²) in [6, 6.07) is 12.1. The third-order valence-corrected chi connectivity index (χ3v) is 3.20. The average Bonchev–Trinajstić information content (AvgIpc) is 2.87. The molecule has 2 aromatic carbocycles. The van der Waals surface area contributed by atoms with Crippen LogP contribution in [0.25, 0.3) is 0 Å². The minimum atomic E-state index is -0.175. The van der Waals surface area contributed by atoms with Gasteiger partial charge in [-0.1, -0.05) is 0 Å². The van der Waals surface area contributed by atoms with Crippen LogP contribution in [-0.4, -0.2) is 17.6 Å². The normalized spacial score (nSPS) is 12.6. The van der Waals surface area contributed by atoms with Crippen LogP contribution in [0.15, 0.2) is 42.5 Å². The minimum Gasteiger partial charge on any atom is -0.508 e. The van der Waals surface area contributed by atoms with Gasteiger partial charge in [0.1, 0.15) is 5.75 Å². The van der Waals surface area contributed by atoms with Crippen molar-refractivity contribution in [3.8, 4) is 5.75 Å². The predicted molar refractivity (Wildman–Crippen MR) is 74.7 cm³/mol. The number of benzene rings is 2. The van der Waals surface area contributed by atoms with Crippen LogP contribution < -0.4 is 10.6 Å². The van der Waals surface area contributed by atoms with Crippen molar-refractivity contribution in [3.63, 3.8) is 0 Å². The number of nitrogens with one attached hydrogen (secondary N) is 2. The molecule has 19 heavy (non-hydrogen) atoms. The van der Waals surface area contributed by atoms with E-state index in [1.807, 2.05) is 18.2 Å². The number of fused-ring (bicyclic) bond motifs is 1. The standard InChI is InChI=1S/C15H14N2O2/c18-13-4-1-10(2-5-13)15(19)17-12-3-6-14-11(9-12)7-8-16-14/h1-6,9,16,18H,7-8H2,(H,17,19). The van der Waals surface area contributed by atoms with E-state index in [-0.39, 0.29) is 11.7 Å². The van der Waals surface area contributed by atoms with Crippen molar-refractivity contribution >= 4 is 17.3 Å². The van der Waals surface area contributed by atoms with Gasteiger partial charge in [0.25, 0.3) is 5.91 Å². The molecule has 0 aliphatic carbocycles. The van der Waals surface area contributed by atoms with Crippen molar-refractivity contribution in [2.75, 3.05) is 17.2 Å². The van der Waals surface area contributed by atoms with Gasteiger partial charge >= 0.3 is 0 Å². The summed E-state index contributed by atoms with van der Waals surface area (Å²) in [7, 11) is 0. The van der Waals surface area contributed by atoms with Crippen LogP contribution >= 0.6 is 0 Å². The molecule has 0 bridgehead atoms. The van der Waals surface area contributed by atoms with E-state index in [2.05, 4.69) is 10.6 Å². The largest absolute Gasteiger partial charge is 0.508 e. The first-order valence-electron chi connectivity index (χ1n) is 6.19. The summed E-state index contributed by atoms with van der Waals surface area (Å²) in [5.74, 6) is -0.0222. The van der Waals surface area contributed by atoms with Crippen LogP contribution in [0.5, 0.6) is 5.75 Å². The lowest BCUT2D eigenvalue weighted by Gasteiger charge is -2.07. The highest BCUT2D eigenvalue weighted by Gasteiger charge is 2.11. The number of hydrogen-bond acceptors (Lipinski definition) is 3. The molecular weight excluding hydrogens is 240 g/mol. The fourth-order valence-electron chi connectivity index (χ4n) is 2.20. The third-order valence-electron chi connectivity index (χ3n) is 3.20. The molecule has 0 spiro atoms. The molecule has 96 valence electrons. The van der Waals surface area contributed by atoms with Crippen molar-refractivity contribution in [2.45, 2.75) is 6.42 Å². The van der Waals surface area contributed by atoms with Gasteiger partial charge in [0.05, 0.1) is 0 Å². The van der Waals surface area contributed by atoms with Crippen molar-refractivity contribution in [1.82, 2.24) is 0 Å². The zero-order valence-corrected chi connectivity index (χ0v) is 10.3. The Kier molecular flexibility index (Phi) is 2.83. The summed E-state index contributed by atoms with van der Waals surface area (Å²) < 4.78 is 0. The van der Waals surface area contributed by atoms with Gasteiger partial charge < -0.3 is 15.7 Å². The van der Waals surface area contributed by atoms with Crippen LogP contribution in [0, 0.1) is 0 Å². The van der Waals surface area contributed by atoms with E-state index in [4.69, 9.17) is 0 Å². The first kappa shape index (κ1) is 11.6. The average molecular weight is 254 g/mol. The minimum absolute atomic E-state index is 0.153. The van der Waals surface area contributed by atoms with E-state index in [0.29, 0.717) is 5.56 Å².